The van der Waals surface area contributed by atoms with Gasteiger partial charge in [-0.2, -0.15) is 0 Å². The Bertz CT molecular complexity index is 396. The van der Waals surface area contributed by atoms with Crippen LogP contribution in [0.15, 0.2) is 0 Å². The molecule has 0 aromatic carbocycles. The quantitative estimate of drug-likeness (QED) is 0.677. The van der Waals surface area contributed by atoms with E-state index in [2.05, 4.69) is 5.32 Å². The number of nitrogens with one attached hydrogen (secondary N) is 1. The first-order chi connectivity index (χ1) is 8.26. The van der Waals surface area contributed by atoms with E-state index >= 15 is 0 Å². The summed E-state index contributed by atoms with van der Waals surface area (Å²) in [6.45, 7) is 6.30. The van der Waals surface area contributed by atoms with E-state index in [0.29, 0.717) is 13.1 Å². The van der Waals surface area contributed by atoms with E-state index in [1.807, 2.05) is 0 Å². The molecule has 0 aromatic rings. The molecule has 2 fully saturated rings. The zero-order valence-electron chi connectivity index (χ0n) is 10.7. The van der Waals surface area contributed by atoms with E-state index in [-0.39, 0.29) is 30.6 Å². The summed E-state index contributed by atoms with van der Waals surface area (Å²) in [5, 5.41) is 2.21. The first-order valence-corrected chi connectivity index (χ1v) is 5.84. The number of likely N-dealkylation sites (tertiary alicyclic amines) is 1. The van der Waals surface area contributed by atoms with Gasteiger partial charge in [0.2, 0.25) is 5.91 Å². The molecule has 7 nitrogen and oxygen atoms in total. The fourth-order valence-corrected chi connectivity index (χ4v) is 1.88. The van der Waals surface area contributed by atoms with Crippen molar-refractivity contribution in [3.63, 3.8) is 0 Å². The minimum absolute atomic E-state index is 0.0751. The van der Waals surface area contributed by atoms with Crippen molar-refractivity contribution < 1.29 is 19.1 Å². The van der Waals surface area contributed by atoms with Crippen LogP contribution < -0.4 is 5.32 Å². The van der Waals surface area contributed by atoms with Crippen LogP contribution in [0.2, 0.25) is 0 Å². The third-order valence-corrected chi connectivity index (χ3v) is 2.78. The van der Waals surface area contributed by atoms with Crippen LogP contribution in [0.4, 0.5) is 9.59 Å². The lowest BCUT2D eigenvalue weighted by molar-refractivity contribution is -0.118. The van der Waals surface area contributed by atoms with Gasteiger partial charge in [-0.3, -0.25) is 10.1 Å². The highest BCUT2D eigenvalue weighted by molar-refractivity contribution is 6.02. The molecule has 0 atom stereocenters. The van der Waals surface area contributed by atoms with E-state index < -0.39 is 5.60 Å². The van der Waals surface area contributed by atoms with Gasteiger partial charge in [-0.05, 0) is 20.8 Å². The molecule has 0 aromatic heterocycles. The van der Waals surface area contributed by atoms with Crippen LogP contribution >= 0.6 is 0 Å². The molecule has 0 unspecified atom stereocenters. The predicted octanol–water partition coefficient (Wildman–Crippen LogP) is 0.158. The molecular weight excluding hydrogens is 238 g/mol. The molecule has 0 bridgehead atoms. The Balaban J connectivity index is 1.82. The highest BCUT2D eigenvalue weighted by Gasteiger charge is 2.42. The molecule has 1 N–H and O–H groups in total. The molecule has 2 rings (SSSR count). The van der Waals surface area contributed by atoms with Crippen LogP contribution in [0, 0.1) is 0 Å². The maximum Gasteiger partial charge on any atom is 0.410 e. The summed E-state index contributed by atoms with van der Waals surface area (Å²) in [5.41, 5.74) is -0.525. The normalized spacial score (nSPS) is 20.8. The Morgan fingerprint density at radius 2 is 1.94 bits per heavy atom. The van der Waals surface area contributed by atoms with Gasteiger partial charge in [0.05, 0.1) is 6.04 Å². The molecule has 2 saturated heterocycles. The maximum atomic E-state index is 11.7. The summed E-state index contributed by atoms with van der Waals surface area (Å²) in [6.07, 6.45) is -0.385. The number of imide groups is 1. The average Bonchev–Trinajstić information content (AvgIpc) is 2.39. The number of amides is 4. The highest BCUT2D eigenvalue weighted by Crippen LogP contribution is 2.20. The van der Waals surface area contributed by atoms with E-state index in [1.165, 1.54) is 9.80 Å². The molecule has 0 spiro atoms. The van der Waals surface area contributed by atoms with E-state index in [9.17, 15) is 14.4 Å². The van der Waals surface area contributed by atoms with Crippen molar-refractivity contribution in [3.05, 3.63) is 0 Å². The lowest BCUT2D eigenvalue weighted by atomic mass is 10.1. The Labute approximate surface area is 105 Å². The number of hydrogen-bond acceptors (Lipinski definition) is 4. The van der Waals surface area contributed by atoms with Crippen molar-refractivity contribution in [1.82, 2.24) is 15.1 Å². The third-order valence-electron chi connectivity index (χ3n) is 2.78. The topological polar surface area (TPSA) is 79.0 Å². The molecule has 2 aliphatic heterocycles. The third kappa shape index (κ3) is 2.55. The second-order valence-electron chi connectivity index (χ2n) is 5.52. The smallest absolute Gasteiger partial charge is 0.410 e. The second kappa shape index (κ2) is 4.15. The van der Waals surface area contributed by atoms with Crippen molar-refractivity contribution >= 4 is 18.0 Å². The van der Waals surface area contributed by atoms with Crippen molar-refractivity contribution in [2.24, 2.45) is 0 Å². The number of carbonyl (C=O) groups excluding carboxylic acids is 3. The number of rotatable bonds is 1. The van der Waals surface area contributed by atoms with Crippen LogP contribution in [-0.2, 0) is 9.53 Å². The first-order valence-electron chi connectivity index (χ1n) is 5.84. The van der Waals surface area contributed by atoms with E-state index in [0.717, 1.165) is 0 Å². The fraction of sp³-hybridized carbons (Fsp3) is 0.727. The van der Waals surface area contributed by atoms with E-state index in [4.69, 9.17) is 4.74 Å². The molecule has 7 heteroatoms. The van der Waals surface area contributed by atoms with Gasteiger partial charge >= 0.3 is 12.1 Å². The van der Waals surface area contributed by atoms with Crippen LogP contribution in [0.3, 0.4) is 0 Å². The minimum Gasteiger partial charge on any atom is -0.444 e. The van der Waals surface area contributed by atoms with Gasteiger partial charge in [-0.15, -0.1) is 0 Å². The van der Waals surface area contributed by atoms with Crippen LogP contribution in [-0.4, -0.2) is 59.1 Å². The molecule has 2 heterocycles. The molecule has 4 amide bonds. The largest absolute Gasteiger partial charge is 0.444 e. The summed E-state index contributed by atoms with van der Waals surface area (Å²) >= 11 is 0. The van der Waals surface area contributed by atoms with Crippen LogP contribution in [0.1, 0.15) is 20.8 Å². The average molecular weight is 255 g/mol. The summed E-state index contributed by atoms with van der Waals surface area (Å²) in [7, 11) is 0. The molecule has 0 radical (unpaired) electrons. The van der Waals surface area contributed by atoms with E-state index in [1.54, 1.807) is 20.8 Å². The number of hydrogen-bond donors (Lipinski definition) is 1. The zero-order chi connectivity index (χ0) is 13.5. The Morgan fingerprint density at radius 3 is 2.39 bits per heavy atom. The Hall–Kier alpha value is -1.79. The van der Waals surface area contributed by atoms with Gasteiger partial charge in [0.25, 0.3) is 0 Å². The number of nitrogens with zero attached hydrogens (tertiary/aromatic N) is 2. The monoisotopic (exact) mass is 255 g/mol. The Morgan fingerprint density at radius 1 is 1.33 bits per heavy atom. The number of urea groups is 1. The molecule has 100 valence electrons. The highest BCUT2D eigenvalue weighted by atomic mass is 16.6. The summed E-state index contributed by atoms with van der Waals surface area (Å²) in [6, 6.07) is -0.474. The number of ether oxygens (including phenoxy) is 1. The molecule has 0 aliphatic carbocycles. The summed E-state index contributed by atoms with van der Waals surface area (Å²) in [5.74, 6) is -0.296. The van der Waals surface area contributed by atoms with Crippen molar-refractivity contribution in [1.29, 1.82) is 0 Å². The summed E-state index contributed by atoms with van der Waals surface area (Å²) < 4.78 is 5.20. The lowest BCUT2D eigenvalue weighted by Gasteiger charge is -2.43. The summed E-state index contributed by atoms with van der Waals surface area (Å²) in [4.78, 5) is 37.0. The van der Waals surface area contributed by atoms with Gasteiger partial charge < -0.3 is 14.5 Å². The maximum absolute atomic E-state index is 11.7. The fourth-order valence-electron chi connectivity index (χ4n) is 1.88. The standard InChI is InChI=1S/C11H17N3O4/c1-11(2,3)18-10(17)13-4-7(5-13)14-6-8(15)12-9(14)16/h7H,4-6H2,1-3H3,(H,12,15,16). The molecular formula is C11H17N3O4. The molecule has 18 heavy (non-hydrogen) atoms. The van der Waals surface area contributed by atoms with Crippen molar-refractivity contribution in [3.8, 4) is 0 Å². The predicted molar refractivity (Wildman–Crippen MR) is 61.8 cm³/mol. The van der Waals surface area contributed by atoms with Gasteiger partial charge in [-0.25, -0.2) is 9.59 Å². The van der Waals surface area contributed by atoms with Crippen LogP contribution in [0.25, 0.3) is 0 Å². The van der Waals surface area contributed by atoms with Gasteiger partial charge in [-0.1, -0.05) is 0 Å². The second-order valence-corrected chi connectivity index (χ2v) is 5.52. The SMILES string of the molecule is CC(C)(C)OC(=O)N1CC(N2CC(=O)NC2=O)C1. The Kier molecular flexibility index (Phi) is 2.92. The van der Waals surface area contributed by atoms with Crippen LogP contribution in [0.5, 0.6) is 0 Å². The number of carbonyl (C=O) groups is 3. The molecule has 0 saturated carbocycles. The van der Waals surface area contributed by atoms with Crippen molar-refractivity contribution in [2.45, 2.75) is 32.4 Å². The van der Waals surface area contributed by atoms with Crippen molar-refractivity contribution in [2.75, 3.05) is 19.6 Å². The zero-order valence-corrected chi connectivity index (χ0v) is 10.7. The van der Waals surface area contributed by atoms with Gasteiger partial charge in [0.1, 0.15) is 12.1 Å². The molecule has 2 aliphatic rings. The first kappa shape index (κ1) is 12.7. The van der Waals surface area contributed by atoms with Gasteiger partial charge in [0.15, 0.2) is 0 Å². The lowest BCUT2D eigenvalue weighted by Crippen LogP contribution is -2.62. The van der Waals surface area contributed by atoms with Gasteiger partial charge in [0, 0.05) is 13.1 Å². The minimum atomic E-state index is -0.525.